The van der Waals surface area contributed by atoms with Crippen LogP contribution >= 0.6 is 36.4 Å². The van der Waals surface area contributed by atoms with Gasteiger partial charge in [0.2, 0.25) is 5.91 Å². The Morgan fingerprint density at radius 2 is 2.12 bits per heavy atom. The van der Waals surface area contributed by atoms with Crippen LogP contribution in [0, 0.1) is 0 Å². The largest absolute Gasteiger partial charge is 0.490 e. The number of nitrogens with one attached hydrogen (secondary N) is 2. The highest BCUT2D eigenvalue weighted by atomic mass is 35.5. The normalized spacial score (nSPS) is 12.3. The third-order valence-electron chi connectivity index (χ3n) is 3.32. The molecule has 1 aliphatic heterocycles. The lowest BCUT2D eigenvalue weighted by atomic mass is 10.2. The van der Waals surface area contributed by atoms with Gasteiger partial charge < -0.3 is 25.0 Å². The Balaban J connectivity index is 0.00000264. The summed E-state index contributed by atoms with van der Waals surface area (Å²) in [7, 11) is 1.66. The van der Waals surface area contributed by atoms with Crippen molar-refractivity contribution in [1.29, 1.82) is 0 Å². The summed E-state index contributed by atoms with van der Waals surface area (Å²) in [6, 6.07) is 5.45. The van der Waals surface area contributed by atoms with Crippen LogP contribution in [0.5, 0.6) is 5.75 Å². The number of methoxy groups -OCH3 is 1. The molecule has 0 spiro atoms. The molecular formula is C15H24Cl3N3O3. The van der Waals surface area contributed by atoms with E-state index in [-0.39, 0.29) is 30.7 Å². The zero-order valence-electron chi connectivity index (χ0n) is 13.5. The molecule has 1 amide bonds. The number of fused-ring (bicyclic) bond motifs is 1. The van der Waals surface area contributed by atoms with Crippen LogP contribution in [-0.2, 0) is 9.53 Å². The average molecular weight is 401 g/mol. The van der Waals surface area contributed by atoms with E-state index in [1.165, 1.54) is 0 Å². The fourth-order valence-electron chi connectivity index (χ4n) is 2.23. The van der Waals surface area contributed by atoms with Gasteiger partial charge in [0, 0.05) is 31.8 Å². The number of hydrogen-bond donors (Lipinski definition) is 2. The van der Waals surface area contributed by atoms with E-state index in [1.807, 2.05) is 17.0 Å². The third kappa shape index (κ3) is 7.32. The van der Waals surface area contributed by atoms with Crippen LogP contribution in [0.25, 0.3) is 0 Å². The van der Waals surface area contributed by atoms with E-state index in [9.17, 15) is 4.79 Å². The summed E-state index contributed by atoms with van der Waals surface area (Å²) < 4.78 is 10.5. The van der Waals surface area contributed by atoms with Gasteiger partial charge in [0.05, 0.1) is 25.4 Å². The molecule has 9 heteroatoms. The van der Waals surface area contributed by atoms with Gasteiger partial charge in [-0.3, -0.25) is 4.79 Å². The van der Waals surface area contributed by atoms with Crippen molar-refractivity contribution in [3.63, 3.8) is 0 Å². The number of halogens is 3. The van der Waals surface area contributed by atoms with E-state index in [0.29, 0.717) is 37.9 Å². The summed E-state index contributed by atoms with van der Waals surface area (Å²) in [5, 5.41) is 6.71. The summed E-state index contributed by atoms with van der Waals surface area (Å²) in [6.07, 6.45) is 0. The highest BCUT2D eigenvalue weighted by Crippen LogP contribution is 2.33. The molecule has 0 fully saturated rings. The quantitative estimate of drug-likeness (QED) is 0.651. The second kappa shape index (κ2) is 12.4. The molecule has 0 saturated heterocycles. The van der Waals surface area contributed by atoms with Gasteiger partial charge in [-0.05, 0) is 18.2 Å². The van der Waals surface area contributed by atoms with Crippen LogP contribution in [0.1, 0.15) is 0 Å². The maximum atomic E-state index is 12.0. The maximum absolute atomic E-state index is 12.0. The molecule has 24 heavy (non-hydrogen) atoms. The van der Waals surface area contributed by atoms with E-state index in [4.69, 9.17) is 21.1 Å². The molecule has 2 rings (SSSR count). The van der Waals surface area contributed by atoms with Crippen molar-refractivity contribution in [3.05, 3.63) is 23.2 Å². The molecular weight excluding hydrogens is 377 g/mol. The monoisotopic (exact) mass is 399 g/mol. The number of amides is 1. The van der Waals surface area contributed by atoms with Gasteiger partial charge in [-0.25, -0.2) is 0 Å². The van der Waals surface area contributed by atoms with Crippen LogP contribution in [0.3, 0.4) is 0 Å². The predicted molar refractivity (Wildman–Crippen MR) is 101 cm³/mol. The lowest BCUT2D eigenvalue weighted by Gasteiger charge is -2.30. The standard InChI is InChI=1S/C15H22ClN3O3.2ClH/c1-21-8-6-17-4-5-18-15(20)11-19-7-9-22-14-3-2-12(16)10-13(14)19;;/h2-3,10,17H,4-9,11H2,1H3,(H,18,20);2*1H. The SMILES string of the molecule is COCCNCCNC(=O)CN1CCOc2ccc(Cl)cc21.Cl.Cl. The zero-order valence-corrected chi connectivity index (χ0v) is 15.9. The molecule has 1 heterocycles. The van der Waals surface area contributed by atoms with Gasteiger partial charge in [-0.1, -0.05) is 11.6 Å². The van der Waals surface area contributed by atoms with Gasteiger partial charge in [0.15, 0.2) is 0 Å². The number of nitrogens with zero attached hydrogens (tertiary/aromatic N) is 1. The average Bonchev–Trinajstić information content (AvgIpc) is 2.51. The Hall–Kier alpha value is -0.920. The zero-order chi connectivity index (χ0) is 15.8. The van der Waals surface area contributed by atoms with Crippen molar-refractivity contribution in [3.8, 4) is 5.75 Å². The van der Waals surface area contributed by atoms with Crippen LogP contribution < -0.4 is 20.3 Å². The molecule has 6 nitrogen and oxygen atoms in total. The minimum Gasteiger partial charge on any atom is -0.490 e. The van der Waals surface area contributed by atoms with Gasteiger partial charge in [-0.15, -0.1) is 24.8 Å². The molecule has 1 aromatic carbocycles. The van der Waals surface area contributed by atoms with Gasteiger partial charge >= 0.3 is 0 Å². The van der Waals surface area contributed by atoms with Crippen molar-refractivity contribution >= 4 is 48.0 Å². The molecule has 0 saturated carbocycles. The molecule has 0 radical (unpaired) electrons. The molecule has 0 bridgehead atoms. The van der Waals surface area contributed by atoms with E-state index in [0.717, 1.165) is 24.5 Å². The van der Waals surface area contributed by atoms with Gasteiger partial charge in [-0.2, -0.15) is 0 Å². The lowest BCUT2D eigenvalue weighted by molar-refractivity contribution is -0.119. The predicted octanol–water partition coefficient (Wildman–Crippen LogP) is 1.73. The first-order valence-corrected chi connectivity index (χ1v) is 7.72. The summed E-state index contributed by atoms with van der Waals surface area (Å²) in [5.74, 6) is 0.756. The molecule has 0 atom stereocenters. The van der Waals surface area contributed by atoms with Gasteiger partial charge in [0.25, 0.3) is 0 Å². The molecule has 1 aromatic rings. The van der Waals surface area contributed by atoms with Crippen LogP contribution in [0.4, 0.5) is 5.69 Å². The first kappa shape index (κ1) is 23.1. The van der Waals surface area contributed by atoms with E-state index >= 15 is 0 Å². The number of carbonyl (C=O) groups excluding carboxylic acids is 1. The third-order valence-corrected chi connectivity index (χ3v) is 3.56. The fourth-order valence-corrected chi connectivity index (χ4v) is 2.40. The van der Waals surface area contributed by atoms with E-state index < -0.39 is 0 Å². The first-order valence-electron chi connectivity index (χ1n) is 7.34. The number of rotatable bonds is 8. The number of benzene rings is 1. The van der Waals surface area contributed by atoms with Crippen molar-refractivity contribution in [2.24, 2.45) is 0 Å². The molecule has 0 aliphatic carbocycles. The minimum atomic E-state index is -0.0126. The highest BCUT2D eigenvalue weighted by Gasteiger charge is 2.20. The summed E-state index contributed by atoms with van der Waals surface area (Å²) in [6.45, 7) is 4.30. The second-order valence-electron chi connectivity index (χ2n) is 4.97. The number of anilines is 1. The Morgan fingerprint density at radius 1 is 1.33 bits per heavy atom. The molecule has 138 valence electrons. The molecule has 0 aromatic heterocycles. The van der Waals surface area contributed by atoms with Crippen molar-refractivity contribution in [1.82, 2.24) is 10.6 Å². The smallest absolute Gasteiger partial charge is 0.239 e. The fraction of sp³-hybridized carbons (Fsp3) is 0.533. The van der Waals surface area contributed by atoms with Crippen LogP contribution in [0.2, 0.25) is 5.02 Å². The first-order chi connectivity index (χ1) is 10.7. The number of ether oxygens (including phenoxy) is 2. The van der Waals surface area contributed by atoms with Crippen molar-refractivity contribution < 1.29 is 14.3 Å². The van der Waals surface area contributed by atoms with Crippen molar-refractivity contribution in [2.45, 2.75) is 0 Å². The van der Waals surface area contributed by atoms with Gasteiger partial charge in [0.1, 0.15) is 12.4 Å². The Bertz CT molecular complexity index is 506. The lowest BCUT2D eigenvalue weighted by Crippen LogP contribution is -2.43. The van der Waals surface area contributed by atoms with E-state index in [1.54, 1.807) is 13.2 Å². The summed E-state index contributed by atoms with van der Waals surface area (Å²) in [4.78, 5) is 14.0. The summed E-state index contributed by atoms with van der Waals surface area (Å²) in [5.41, 5.74) is 0.868. The number of hydrogen-bond acceptors (Lipinski definition) is 5. The molecule has 2 N–H and O–H groups in total. The Morgan fingerprint density at radius 3 is 2.88 bits per heavy atom. The Labute approximate surface area is 160 Å². The second-order valence-corrected chi connectivity index (χ2v) is 5.41. The Kier molecular flexibility index (Phi) is 12.0. The minimum absolute atomic E-state index is 0. The van der Waals surface area contributed by atoms with Crippen molar-refractivity contribution in [2.75, 3.05) is 57.9 Å². The number of carbonyl (C=O) groups is 1. The molecule has 0 unspecified atom stereocenters. The topological polar surface area (TPSA) is 62.8 Å². The van der Waals surface area contributed by atoms with Crippen LogP contribution in [-0.4, -0.2) is 59.0 Å². The maximum Gasteiger partial charge on any atom is 0.239 e. The van der Waals surface area contributed by atoms with Crippen LogP contribution in [0.15, 0.2) is 18.2 Å². The summed E-state index contributed by atoms with van der Waals surface area (Å²) >= 11 is 6.02. The van der Waals surface area contributed by atoms with E-state index in [2.05, 4.69) is 10.6 Å². The molecule has 1 aliphatic rings. The highest BCUT2D eigenvalue weighted by molar-refractivity contribution is 6.31.